The summed E-state index contributed by atoms with van der Waals surface area (Å²) in [5.74, 6) is 0.817. The fraction of sp³-hybridized carbons (Fsp3) is 0.250. The number of aryl methyl sites for hydroxylation is 1. The Balaban J connectivity index is 1.96. The predicted molar refractivity (Wildman–Crippen MR) is 75.5 cm³/mol. The number of anilines is 1. The summed E-state index contributed by atoms with van der Waals surface area (Å²) in [4.78, 5) is 4.56. The quantitative estimate of drug-likeness (QED) is 0.789. The zero-order valence-corrected chi connectivity index (χ0v) is 10.9. The molecule has 0 aliphatic rings. The third-order valence-corrected chi connectivity index (χ3v) is 2.72. The molecule has 0 amide bonds. The van der Waals surface area contributed by atoms with Crippen molar-refractivity contribution < 1.29 is 0 Å². The van der Waals surface area contributed by atoms with Crippen molar-refractivity contribution in [3.8, 4) is 0 Å². The second-order valence-corrected chi connectivity index (χ2v) is 4.36. The molecule has 2 aromatic rings. The van der Waals surface area contributed by atoms with Gasteiger partial charge in [-0.1, -0.05) is 24.4 Å². The first-order chi connectivity index (χ1) is 8.66. The number of rotatable bonds is 5. The minimum absolute atomic E-state index is 0.397. The minimum atomic E-state index is 0.397. The van der Waals surface area contributed by atoms with Gasteiger partial charge in [0, 0.05) is 31.3 Å². The van der Waals surface area contributed by atoms with Crippen LogP contribution < -0.4 is 11.1 Å². The minimum Gasteiger partial charge on any atom is -0.389 e. The molecule has 0 spiro atoms. The number of nitrogens with one attached hydrogen (secondary N) is 1. The Morgan fingerprint density at radius 1 is 1.44 bits per heavy atom. The topological polar surface area (TPSA) is 68.8 Å². The zero-order chi connectivity index (χ0) is 13.0. The zero-order valence-electron chi connectivity index (χ0n) is 10.1. The van der Waals surface area contributed by atoms with Crippen molar-refractivity contribution in [1.29, 1.82) is 0 Å². The average Bonchev–Trinajstić information content (AvgIpc) is 2.75. The Morgan fingerprint density at radius 2 is 2.22 bits per heavy atom. The van der Waals surface area contributed by atoms with Crippen LogP contribution in [-0.2, 0) is 13.5 Å². The van der Waals surface area contributed by atoms with Gasteiger partial charge in [0.25, 0.3) is 0 Å². The second kappa shape index (κ2) is 5.59. The normalized spacial score (nSPS) is 10.3. The van der Waals surface area contributed by atoms with Crippen LogP contribution in [0.5, 0.6) is 0 Å². The molecule has 0 atom stereocenters. The van der Waals surface area contributed by atoms with Crippen molar-refractivity contribution in [3.05, 3.63) is 42.0 Å². The molecule has 0 saturated carbocycles. The summed E-state index contributed by atoms with van der Waals surface area (Å²) in [6.45, 7) is 0.740. The van der Waals surface area contributed by atoms with Crippen LogP contribution in [0, 0.1) is 0 Å². The molecule has 94 valence electrons. The first-order valence-corrected chi connectivity index (χ1v) is 6.05. The van der Waals surface area contributed by atoms with E-state index in [0.717, 1.165) is 30.0 Å². The Bertz CT molecular complexity index is 549. The first kappa shape index (κ1) is 12.5. The molecular weight excluding hydrogens is 246 g/mol. The number of benzene rings is 1. The molecule has 0 saturated heterocycles. The molecule has 0 bridgehead atoms. The van der Waals surface area contributed by atoms with Crippen molar-refractivity contribution >= 4 is 22.9 Å². The molecule has 18 heavy (non-hydrogen) atoms. The molecule has 0 radical (unpaired) electrons. The van der Waals surface area contributed by atoms with Crippen LogP contribution in [0.3, 0.4) is 0 Å². The van der Waals surface area contributed by atoms with Crippen molar-refractivity contribution in [1.82, 2.24) is 14.8 Å². The lowest BCUT2D eigenvalue weighted by Crippen LogP contribution is -2.14. The molecule has 0 unspecified atom stereocenters. The van der Waals surface area contributed by atoms with Gasteiger partial charge in [-0.2, -0.15) is 5.10 Å². The lowest BCUT2D eigenvalue weighted by atomic mass is 10.1. The largest absolute Gasteiger partial charge is 0.389 e. The Hall–Kier alpha value is -1.95. The summed E-state index contributed by atoms with van der Waals surface area (Å²) in [6.07, 6.45) is 2.45. The SMILES string of the molecule is Cn1cnc(CCNc2ccccc2C(N)=S)n1. The number of hydrogen-bond acceptors (Lipinski definition) is 4. The van der Waals surface area contributed by atoms with E-state index < -0.39 is 0 Å². The van der Waals surface area contributed by atoms with Crippen LogP contribution in [0.1, 0.15) is 11.4 Å². The van der Waals surface area contributed by atoms with Crippen LogP contribution in [0.4, 0.5) is 5.69 Å². The predicted octanol–water partition coefficient (Wildman–Crippen LogP) is 1.10. The Kier molecular flexibility index (Phi) is 3.88. The van der Waals surface area contributed by atoms with Crippen molar-refractivity contribution in [2.45, 2.75) is 6.42 Å². The van der Waals surface area contributed by atoms with Crippen molar-refractivity contribution in [2.24, 2.45) is 12.8 Å². The van der Waals surface area contributed by atoms with Gasteiger partial charge in [-0.15, -0.1) is 0 Å². The van der Waals surface area contributed by atoms with Gasteiger partial charge in [-0.25, -0.2) is 4.98 Å². The molecule has 1 aromatic heterocycles. The van der Waals surface area contributed by atoms with E-state index in [1.165, 1.54) is 0 Å². The number of para-hydroxylation sites is 1. The maximum Gasteiger partial charge on any atom is 0.152 e. The third-order valence-electron chi connectivity index (χ3n) is 2.50. The number of nitrogens with zero attached hydrogens (tertiary/aromatic N) is 3. The smallest absolute Gasteiger partial charge is 0.152 e. The summed E-state index contributed by atoms with van der Waals surface area (Å²) < 4.78 is 1.69. The maximum absolute atomic E-state index is 5.66. The first-order valence-electron chi connectivity index (χ1n) is 5.64. The van der Waals surface area contributed by atoms with Crippen LogP contribution >= 0.6 is 12.2 Å². The molecule has 0 aliphatic heterocycles. The van der Waals surface area contributed by atoms with Gasteiger partial charge in [0.1, 0.15) is 11.3 Å². The molecular formula is C12H15N5S. The molecule has 2 rings (SSSR count). The summed E-state index contributed by atoms with van der Waals surface area (Å²) in [5, 5.41) is 7.51. The monoisotopic (exact) mass is 261 g/mol. The highest BCUT2D eigenvalue weighted by molar-refractivity contribution is 7.80. The van der Waals surface area contributed by atoms with E-state index >= 15 is 0 Å². The van der Waals surface area contributed by atoms with Crippen molar-refractivity contribution in [3.63, 3.8) is 0 Å². The van der Waals surface area contributed by atoms with E-state index in [0.29, 0.717) is 4.99 Å². The van der Waals surface area contributed by atoms with Gasteiger partial charge in [-0.05, 0) is 12.1 Å². The highest BCUT2D eigenvalue weighted by Crippen LogP contribution is 2.14. The fourth-order valence-corrected chi connectivity index (χ4v) is 1.84. The van der Waals surface area contributed by atoms with Crippen LogP contribution in [0.15, 0.2) is 30.6 Å². The summed E-state index contributed by atoms with van der Waals surface area (Å²) in [5.41, 5.74) is 7.47. The molecule has 6 heteroatoms. The number of hydrogen-bond donors (Lipinski definition) is 2. The lowest BCUT2D eigenvalue weighted by Gasteiger charge is -2.09. The Labute approximate surface area is 111 Å². The summed E-state index contributed by atoms with van der Waals surface area (Å²) in [7, 11) is 1.85. The van der Waals surface area contributed by atoms with Gasteiger partial charge < -0.3 is 11.1 Å². The average molecular weight is 261 g/mol. The molecule has 3 N–H and O–H groups in total. The van der Waals surface area contributed by atoms with E-state index in [4.69, 9.17) is 18.0 Å². The molecule has 1 aromatic carbocycles. The van der Waals surface area contributed by atoms with Crippen LogP contribution in [0.25, 0.3) is 0 Å². The van der Waals surface area contributed by atoms with Gasteiger partial charge >= 0.3 is 0 Å². The highest BCUT2D eigenvalue weighted by Gasteiger charge is 2.04. The van der Waals surface area contributed by atoms with Crippen LogP contribution in [0.2, 0.25) is 0 Å². The van der Waals surface area contributed by atoms with E-state index in [2.05, 4.69) is 15.4 Å². The molecule has 0 aliphatic carbocycles. The van der Waals surface area contributed by atoms with E-state index in [1.54, 1.807) is 11.0 Å². The molecule has 5 nitrogen and oxygen atoms in total. The second-order valence-electron chi connectivity index (χ2n) is 3.92. The number of thiocarbonyl (C=S) groups is 1. The maximum atomic E-state index is 5.66. The lowest BCUT2D eigenvalue weighted by molar-refractivity contribution is 0.742. The van der Waals surface area contributed by atoms with E-state index in [1.807, 2.05) is 31.3 Å². The fourth-order valence-electron chi connectivity index (χ4n) is 1.66. The van der Waals surface area contributed by atoms with E-state index in [-0.39, 0.29) is 0 Å². The Morgan fingerprint density at radius 3 is 2.89 bits per heavy atom. The van der Waals surface area contributed by atoms with Crippen LogP contribution in [-0.4, -0.2) is 26.3 Å². The standard InChI is InChI=1S/C12H15N5S/c1-17-8-15-11(16-17)6-7-14-10-5-3-2-4-9(10)12(13)18/h2-5,8,14H,6-7H2,1H3,(H2,13,18). The van der Waals surface area contributed by atoms with Gasteiger partial charge in [0.05, 0.1) is 0 Å². The summed E-state index contributed by atoms with van der Waals surface area (Å²) >= 11 is 5.01. The highest BCUT2D eigenvalue weighted by atomic mass is 32.1. The van der Waals surface area contributed by atoms with Gasteiger partial charge in [-0.3, -0.25) is 4.68 Å². The van der Waals surface area contributed by atoms with E-state index in [9.17, 15) is 0 Å². The summed E-state index contributed by atoms with van der Waals surface area (Å²) in [6, 6.07) is 7.73. The van der Waals surface area contributed by atoms with Gasteiger partial charge in [0.2, 0.25) is 0 Å². The van der Waals surface area contributed by atoms with Crippen molar-refractivity contribution in [2.75, 3.05) is 11.9 Å². The molecule has 0 fully saturated rings. The molecule has 1 heterocycles. The number of aromatic nitrogens is 3. The van der Waals surface area contributed by atoms with Gasteiger partial charge in [0.15, 0.2) is 5.82 Å². The third kappa shape index (κ3) is 3.04. The number of nitrogens with two attached hydrogens (primary N) is 1.